The molecular weight excluding hydrogens is 224 g/mol. The molecule has 0 saturated heterocycles. The predicted molar refractivity (Wildman–Crippen MR) is 51.2 cm³/mol. The highest BCUT2D eigenvalue weighted by atomic mass is 32.2. The zero-order valence-corrected chi connectivity index (χ0v) is 9.01. The fraction of sp³-hybridized carbons (Fsp3) is 0.500. The second-order valence-corrected chi connectivity index (χ2v) is 5.16. The minimum atomic E-state index is -3.91. The summed E-state index contributed by atoms with van der Waals surface area (Å²) in [5.74, 6) is 0. The Morgan fingerprint density at radius 1 is 1.67 bits per heavy atom. The van der Waals surface area contributed by atoms with Crippen molar-refractivity contribution in [2.45, 2.75) is 18.8 Å². The summed E-state index contributed by atoms with van der Waals surface area (Å²) in [5.41, 5.74) is 9.45. The number of sulfonamides is 1. The largest absolute Gasteiger partial charge is 0.351 e. The van der Waals surface area contributed by atoms with E-state index in [-0.39, 0.29) is 0 Å². The number of nitrogens with two attached hydrogens (primary N) is 1. The molecule has 2 amide bonds. The van der Waals surface area contributed by atoms with Gasteiger partial charge in [0.1, 0.15) is 0 Å². The van der Waals surface area contributed by atoms with Gasteiger partial charge in [0.15, 0.2) is 0 Å². The number of hydrogen-bond acceptors (Lipinski definition) is 5. The molecule has 0 aliphatic carbocycles. The zero-order chi connectivity index (χ0) is 11.7. The van der Waals surface area contributed by atoms with Crippen molar-refractivity contribution in [2.24, 2.45) is 5.73 Å². The lowest BCUT2D eigenvalue weighted by atomic mass is 10.3. The van der Waals surface area contributed by atoms with Crippen LogP contribution in [0, 0.1) is 0 Å². The minimum absolute atomic E-state index is 0.557. The number of hydrogen-bond donors (Lipinski definition) is 4. The third-order valence-electron chi connectivity index (χ3n) is 1.74. The van der Waals surface area contributed by atoms with Crippen LogP contribution in [0.3, 0.4) is 0 Å². The molecule has 1 unspecified atom stereocenters. The summed E-state index contributed by atoms with van der Waals surface area (Å²) in [4.78, 5) is 15.4. The van der Waals surface area contributed by atoms with E-state index >= 15 is 0 Å². The van der Waals surface area contributed by atoms with Crippen LogP contribution in [-0.2, 0) is 14.9 Å². The molecular formula is C6H12N4O4S. The van der Waals surface area contributed by atoms with Crippen LogP contribution < -0.4 is 21.5 Å². The molecule has 1 heterocycles. The van der Waals surface area contributed by atoms with E-state index in [9.17, 15) is 13.2 Å². The fourth-order valence-corrected chi connectivity index (χ4v) is 1.91. The lowest BCUT2D eigenvalue weighted by molar-refractivity contribution is 0.0237. The smallest absolute Gasteiger partial charge is 0.327 e. The Morgan fingerprint density at radius 2 is 2.27 bits per heavy atom. The van der Waals surface area contributed by atoms with Crippen molar-refractivity contribution in [3.05, 3.63) is 11.8 Å². The van der Waals surface area contributed by atoms with Gasteiger partial charge >= 0.3 is 6.03 Å². The van der Waals surface area contributed by atoms with E-state index in [2.05, 4.69) is 5.48 Å². The highest BCUT2D eigenvalue weighted by molar-refractivity contribution is 7.90. The second-order valence-electron chi connectivity index (χ2n) is 3.14. The first-order valence-electron chi connectivity index (χ1n) is 3.97. The Balaban J connectivity index is 2.82. The SMILES string of the molecule is CC1=CC(C)(S(=O)(=O)NNC(N)=O)ON1. The topological polar surface area (TPSA) is 123 Å². The van der Waals surface area contributed by atoms with E-state index in [1.807, 2.05) is 0 Å². The van der Waals surface area contributed by atoms with Crippen LogP contribution in [-0.4, -0.2) is 19.4 Å². The first-order chi connectivity index (χ1) is 6.77. The van der Waals surface area contributed by atoms with Gasteiger partial charge in [-0.15, -0.1) is 4.83 Å². The van der Waals surface area contributed by atoms with Gasteiger partial charge in [0.2, 0.25) is 4.93 Å². The molecule has 1 aliphatic heterocycles. The van der Waals surface area contributed by atoms with Crippen LogP contribution in [0.25, 0.3) is 0 Å². The first kappa shape index (κ1) is 11.8. The molecule has 0 radical (unpaired) electrons. The average Bonchev–Trinajstić information content (AvgIpc) is 2.45. The third kappa shape index (κ3) is 2.37. The molecule has 1 aliphatic rings. The van der Waals surface area contributed by atoms with Crippen molar-refractivity contribution < 1.29 is 18.0 Å². The molecule has 0 saturated carbocycles. The van der Waals surface area contributed by atoms with Gasteiger partial charge in [-0.1, -0.05) is 0 Å². The van der Waals surface area contributed by atoms with Gasteiger partial charge in [0.05, 0.1) is 0 Å². The van der Waals surface area contributed by atoms with Crippen molar-refractivity contribution in [3.63, 3.8) is 0 Å². The van der Waals surface area contributed by atoms with Crippen molar-refractivity contribution in [1.29, 1.82) is 0 Å². The van der Waals surface area contributed by atoms with E-state index in [1.54, 1.807) is 17.2 Å². The number of primary amides is 1. The Labute approximate surface area is 86.8 Å². The predicted octanol–water partition coefficient (Wildman–Crippen LogP) is -1.36. The van der Waals surface area contributed by atoms with Gasteiger partial charge < -0.3 is 5.73 Å². The summed E-state index contributed by atoms with van der Waals surface area (Å²) < 4.78 is 23.2. The number of carbonyl (C=O) groups excluding carboxylic acids is 1. The third-order valence-corrected chi connectivity index (χ3v) is 3.37. The Kier molecular flexibility index (Phi) is 2.88. The summed E-state index contributed by atoms with van der Waals surface area (Å²) in [6, 6.07) is -1.01. The van der Waals surface area contributed by atoms with Crippen molar-refractivity contribution in [3.8, 4) is 0 Å². The molecule has 0 spiro atoms. The molecule has 5 N–H and O–H groups in total. The summed E-state index contributed by atoms with van der Waals surface area (Å²) in [6.45, 7) is 2.96. The van der Waals surface area contributed by atoms with Crippen molar-refractivity contribution >= 4 is 16.1 Å². The maximum absolute atomic E-state index is 11.6. The van der Waals surface area contributed by atoms with Crippen LogP contribution in [0.5, 0.6) is 0 Å². The highest BCUT2D eigenvalue weighted by Crippen LogP contribution is 2.24. The summed E-state index contributed by atoms with van der Waals surface area (Å²) >= 11 is 0. The number of rotatable bonds is 3. The molecule has 8 nitrogen and oxygen atoms in total. The molecule has 0 aromatic carbocycles. The molecule has 0 aromatic heterocycles. The number of nitrogens with one attached hydrogen (secondary N) is 3. The maximum Gasteiger partial charge on any atom is 0.327 e. The molecule has 9 heteroatoms. The number of amides is 2. The molecule has 1 atom stereocenters. The molecule has 15 heavy (non-hydrogen) atoms. The van der Waals surface area contributed by atoms with E-state index in [4.69, 9.17) is 10.6 Å². The van der Waals surface area contributed by atoms with Crippen molar-refractivity contribution in [1.82, 2.24) is 15.7 Å². The lowest BCUT2D eigenvalue weighted by Crippen LogP contribution is -2.52. The average molecular weight is 236 g/mol. The second kappa shape index (κ2) is 3.68. The van der Waals surface area contributed by atoms with Gasteiger partial charge in [-0.2, -0.15) is 0 Å². The quantitative estimate of drug-likeness (QED) is 0.451. The molecule has 0 bridgehead atoms. The summed E-state index contributed by atoms with van der Waals surface area (Å²) in [6.07, 6.45) is 1.36. The van der Waals surface area contributed by atoms with Crippen LogP contribution >= 0.6 is 0 Å². The molecule has 1 rings (SSSR count). The Morgan fingerprint density at radius 3 is 2.67 bits per heavy atom. The van der Waals surface area contributed by atoms with Crippen LogP contribution in [0.1, 0.15) is 13.8 Å². The highest BCUT2D eigenvalue weighted by Gasteiger charge is 2.42. The zero-order valence-electron chi connectivity index (χ0n) is 8.20. The van der Waals surface area contributed by atoms with Gasteiger partial charge in [0.25, 0.3) is 10.0 Å². The number of urea groups is 1. The van der Waals surface area contributed by atoms with E-state index < -0.39 is 21.0 Å². The maximum atomic E-state index is 11.6. The number of hydrazine groups is 1. The Hall–Kier alpha value is -1.32. The lowest BCUT2D eigenvalue weighted by Gasteiger charge is -2.20. The minimum Gasteiger partial charge on any atom is -0.351 e. The van der Waals surface area contributed by atoms with Gasteiger partial charge in [-0.3, -0.25) is 10.9 Å². The van der Waals surface area contributed by atoms with E-state index in [0.29, 0.717) is 5.70 Å². The van der Waals surface area contributed by atoms with Crippen LogP contribution in [0.2, 0.25) is 0 Å². The van der Waals surface area contributed by atoms with Gasteiger partial charge in [0, 0.05) is 5.70 Å². The Bertz CT molecular complexity index is 403. The molecule has 0 fully saturated rings. The first-order valence-corrected chi connectivity index (χ1v) is 5.45. The molecule has 86 valence electrons. The number of allylic oxidation sites excluding steroid dienone is 1. The van der Waals surface area contributed by atoms with Crippen LogP contribution in [0.15, 0.2) is 11.8 Å². The summed E-state index contributed by atoms with van der Waals surface area (Å²) in [5, 5.41) is 0. The van der Waals surface area contributed by atoms with Gasteiger partial charge in [-0.25, -0.2) is 18.0 Å². The summed E-state index contributed by atoms with van der Waals surface area (Å²) in [7, 11) is -3.91. The van der Waals surface area contributed by atoms with Crippen molar-refractivity contribution in [2.75, 3.05) is 0 Å². The van der Waals surface area contributed by atoms with E-state index in [0.717, 1.165) is 0 Å². The normalized spacial score (nSPS) is 25.6. The molecule has 0 aromatic rings. The van der Waals surface area contributed by atoms with Gasteiger partial charge in [-0.05, 0) is 19.9 Å². The van der Waals surface area contributed by atoms with E-state index in [1.165, 1.54) is 13.0 Å². The standard InChI is InChI=1S/C6H12N4O4S/c1-4-3-6(2,14-9-4)15(12,13)10-8-5(7)11/h3,9-10H,1-2H3,(H3,7,8,11). The number of hydroxylamine groups is 1. The fourth-order valence-electron chi connectivity index (χ4n) is 0.985. The monoisotopic (exact) mass is 236 g/mol. The number of carbonyl (C=O) groups is 1. The van der Waals surface area contributed by atoms with Crippen LogP contribution in [0.4, 0.5) is 4.79 Å².